The van der Waals surface area contributed by atoms with Crippen molar-refractivity contribution < 1.29 is 9.53 Å². The van der Waals surface area contributed by atoms with Crippen LogP contribution in [0.4, 0.5) is 11.4 Å². The first-order valence-electron chi connectivity index (χ1n) is 6.65. The zero-order valence-electron chi connectivity index (χ0n) is 11.3. The Morgan fingerprint density at radius 1 is 1.42 bits per heavy atom. The minimum Gasteiger partial charge on any atom is -0.497 e. The minimum absolute atomic E-state index is 0.00349. The third-order valence-corrected chi connectivity index (χ3v) is 3.39. The number of rotatable bonds is 5. The van der Waals surface area contributed by atoms with E-state index in [1.54, 1.807) is 25.3 Å². The molecule has 0 atom stereocenters. The fourth-order valence-corrected chi connectivity index (χ4v) is 2.26. The number of nitrogens with two attached hydrogens (primary N) is 1. The number of likely N-dealkylation sites (tertiary alicyclic amines) is 1. The molecule has 1 amide bonds. The largest absolute Gasteiger partial charge is 0.497 e. The molecular weight excluding hydrogens is 242 g/mol. The zero-order chi connectivity index (χ0) is 13.7. The molecule has 1 aromatic rings. The van der Waals surface area contributed by atoms with Gasteiger partial charge in [-0.25, -0.2) is 0 Å². The number of nitrogens with zero attached hydrogens (tertiary/aromatic N) is 1. The molecule has 1 aliphatic rings. The van der Waals surface area contributed by atoms with Gasteiger partial charge in [-0.15, -0.1) is 0 Å². The number of nitrogen functional groups attached to an aromatic ring is 1. The van der Waals surface area contributed by atoms with Crippen LogP contribution in [0.2, 0.25) is 0 Å². The summed E-state index contributed by atoms with van der Waals surface area (Å²) in [6.45, 7) is 3.04. The molecular formula is C14H21N3O2. The quantitative estimate of drug-likeness (QED) is 0.793. The molecule has 1 aromatic carbocycles. The monoisotopic (exact) mass is 263 g/mol. The molecule has 0 aliphatic carbocycles. The Morgan fingerprint density at radius 2 is 2.16 bits per heavy atom. The second-order valence-electron chi connectivity index (χ2n) is 4.80. The van der Waals surface area contributed by atoms with Crippen molar-refractivity contribution in [3.8, 4) is 5.75 Å². The molecule has 0 unspecified atom stereocenters. The summed E-state index contributed by atoms with van der Waals surface area (Å²) in [6.07, 6.45) is 2.99. The fourth-order valence-electron chi connectivity index (χ4n) is 2.26. The third-order valence-electron chi connectivity index (χ3n) is 3.39. The van der Waals surface area contributed by atoms with Gasteiger partial charge in [0, 0.05) is 19.0 Å². The summed E-state index contributed by atoms with van der Waals surface area (Å²) in [4.78, 5) is 14.2. The second-order valence-corrected chi connectivity index (χ2v) is 4.80. The van der Waals surface area contributed by atoms with Gasteiger partial charge in [-0.05, 0) is 38.1 Å². The van der Waals surface area contributed by atoms with Crippen molar-refractivity contribution in [3.05, 3.63) is 18.2 Å². The number of hydrogen-bond acceptors (Lipinski definition) is 4. The highest BCUT2D eigenvalue weighted by Crippen LogP contribution is 2.24. The number of carbonyl (C=O) groups is 1. The molecule has 3 N–H and O–H groups in total. The molecule has 19 heavy (non-hydrogen) atoms. The lowest BCUT2D eigenvalue weighted by Crippen LogP contribution is -2.25. The maximum atomic E-state index is 11.9. The van der Waals surface area contributed by atoms with Gasteiger partial charge >= 0.3 is 0 Å². The van der Waals surface area contributed by atoms with E-state index in [4.69, 9.17) is 10.5 Å². The summed E-state index contributed by atoms with van der Waals surface area (Å²) in [5.41, 5.74) is 7.03. The van der Waals surface area contributed by atoms with Crippen molar-refractivity contribution >= 4 is 17.3 Å². The Balaban J connectivity index is 1.84. The van der Waals surface area contributed by atoms with Gasteiger partial charge in [-0.2, -0.15) is 0 Å². The van der Waals surface area contributed by atoms with E-state index in [9.17, 15) is 4.79 Å². The maximum absolute atomic E-state index is 11.9. The van der Waals surface area contributed by atoms with Gasteiger partial charge in [0.05, 0.1) is 18.5 Å². The van der Waals surface area contributed by atoms with E-state index in [1.807, 2.05) is 0 Å². The fraction of sp³-hybridized carbons (Fsp3) is 0.500. The van der Waals surface area contributed by atoms with Gasteiger partial charge in [0.1, 0.15) is 5.75 Å². The number of benzene rings is 1. The number of anilines is 2. The molecule has 1 saturated heterocycles. The van der Waals surface area contributed by atoms with E-state index in [2.05, 4.69) is 10.2 Å². The van der Waals surface area contributed by atoms with E-state index in [0.29, 0.717) is 23.5 Å². The van der Waals surface area contributed by atoms with Crippen LogP contribution in [-0.2, 0) is 4.79 Å². The smallest absolute Gasteiger partial charge is 0.225 e. The summed E-state index contributed by atoms with van der Waals surface area (Å²) >= 11 is 0. The highest BCUT2D eigenvalue weighted by atomic mass is 16.5. The maximum Gasteiger partial charge on any atom is 0.225 e. The first kappa shape index (κ1) is 13.7. The average molecular weight is 263 g/mol. The van der Waals surface area contributed by atoms with Crippen LogP contribution in [0.3, 0.4) is 0 Å². The number of hydrogen-bond donors (Lipinski definition) is 2. The van der Waals surface area contributed by atoms with Crippen molar-refractivity contribution in [1.29, 1.82) is 0 Å². The SMILES string of the molecule is COc1ccc(NC(=O)CCN2CCCC2)c(N)c1. The van der Waals surface area contributed by atoms with Gasteiger partial charge in [0.2, 0.25) is 5.91 Å². The second kappa shape index (κ2) is 6.43. The number of ether oxygens (including phenoxy) is 1. The van der Waals surface area contributed by atoms with Gasteiger partial charge in [-0.1, -0.05) is 0 Å². The molecule has 0 spiro atoms. The van der Waals surface area contributed by atoms with Crippen LogP contribution in [0.15, 0.2) is 18.2 Å². The molecule has 1 aliphatic heterocycles. The van der Waals surface area contributed by atoms with Crippen LogP contribution >= 0.6 is 0 Å². The zero-order valence-corrected chi connectivity index (χ0v) is 11.3. The number of carbonyl (C=O) groups excluding carboxylic acids is 1. The first-order valence-corrected chi connectivity index (χ1v) is 6.65. The van der Waals surface area contributed by atoms with Gasteiger partial charge in [0.25, 0.3) is 0 Å². The van der Waals surface area contributed by atoms with Crippen molar-refractivity contribution in [1.82, 2.24) is 4.90 Å². The van der Waals surface area contributed by atoms with Gasteiger partial charge in [0.15, 0.2) is 0 Å². The van der Waals surface area contributed by atoms with E-state index >= 15 is 0 Å². The molecule has 1 fully saturated rings. The Kier molecular flexibility index (Phi) is 4.63. The Bertz CT molecular complexity index is 442. The topological polar surface area (TPSA) is 67.6 Å². The lowest BCUT2D eigenvalue weighted by atomic mass is 10.2. The molecule has 0 aromatic heterocycles. The van der Waals surface area contributed by atoms with Crippen molar-refractivity contribution in [3.63, 3.8) is 0 Å². The minimum atomic E-state index is 0.00349. The van der Waals surface area contributed by atoms with Gasteiger partial charge in [-0.3, -0.25) is 4.79 Å². The van der Waals surface area contributed by atoms with E-state index in [0.717, 1.165) is 19.6 Å². The van der Waals surface area contributed by atoms with Crippen LogP contribution in [0.5, 0.6) is 5.75 Å². The molecule has 5 heteroatoms. The van der Waals surface area contributed by atoms with E-state index in [-0.39, 0.29) is 5.91 Å². The van der Waals surface area contributed by atoms with Crippen LogP contribution in [0.25, 0.3) is 0 Å². The number of methoxy groups -OCH3 is 1. The first-order chi connectivity index (χ1) is 9.19. The number of amides is 1. The van der Waals surface area contributed by atoms with Crippen molar-refractivity contribution in [2.24, 2.45) is 0 Å². The molecule has 5 nitrogen and oxygen atoms in total. The molecule has 2 rings (SSSR count). The molecule has 0 radical (unpaired) electrons. The predicted octanol–water partition coefficient (Wildman–Crippen LogP) is 1.70. The van der Waals surface area contributed by atoms with Crippen molar-refractivity contribution in [2.45, 2.75) is 19.3 Å². The number of nitrogens with one attached hydrogen (secondary N) is 1. The summed E-state index contributed by atoms with van der Waals surface area (Å²) < 4.78 is 5.07. The average Bonchev–Trinajstić information content (AvgIpc) is 2.92. The van der Waals surface area contributed by atoms with Crippen LogP contribution < -0.4 is 15.8 Å². The van der Waals surface area contributed by atoms with Crippen LogP contribution in [0, 0.1) is 0 Å². The summed E-state index contributed by atoms with van der Waals surface area (Å²) in [6, 6.07) is 5.25. The standard InChI is InChI=1S/C14H21N3O2/c1-19-11-4-5-13(12(15)10-11)16-14(18)6-9-17-7-2-3-8-17/h4-5,10H,2-3,6-9,15H2,1H3,(H,16,18). The lowest BCUT2D eigenvalue weighted by Gasteiger charge is -2.14. The van der Waals surface area contributed by atoms with Crippen LogP contribution in [-0.4, -0.2) is 37.6 Å². The van der Waals surface area contributed by atoms with Gasteiger partial charge < -0.3 is 20.7 Å². The summed E-state index contributed by atoms with van der Waals surface area (Å²) in [5.74, 6) is 0.691. The van der Waals surface area contributed by atoms with Crippen molar-refractivity contribution in [2.75, 3.05) is 37.8 Å². The molecule has 1 heterocycles. The lowest BCUT2D eigenvalue weighted by molar-refractivity contribution is -0.116. The summed E-state index contributed by atoms with van der Waals surface area (Å²) in [7, 11) is 1.59. The highest BCUT2D eigenvalue weighted by molar-refractivity contribution is 5.94. The normalized spacial score (nSPS) is 15.4. The van der Waals surface area contributed by atoms with Crippen LogP contribution in [0.1, 0.15) is 19.3 Å². The van der Waals surface area contributed by atoms with E-state index < -0.39 is 0 Å². The molecule has 0 bridgehead atoms. The Labute approximate surface area is 113 Å². The van der Waals surface area contributed by atoms with E-state index in [1.165, 1.54) is 12.8 Å². The predicted molar refractivity (Wildman–Crippen MR) is 76.3 cm³/mol. The highest BCUT2D eigenvalue weighted by Gasteiger charge is 2.13. The summed E-state index contributed by atoms with van der Waals surface area (Å²) in [5, 5.41) is 2.84. The third kappa shape index (κ3) is 3.86. The Hall–Kier alpha value is -1.75. The molecule has 104 valence electrons. The molecule has 0 saturated carbocycles. The Morgan fingerprint density at radius 3 is 2.79 bits per heavy atom.